The molecule has 0 aromatic carbocycles. The van der Waals surface area contributed by atoms with Gasteiger partial charge in [-0.3, -0.25) is 0 Å². The predicted molar refractivity (Wildman–Crippen MR) is 58.3 cm³/mol. The van der Waals surface area contributed by atoms with Crippen molar-refractivity contribution in [1.82, 2.24) is 20.3 Å². The number of anilines is 1. The van der Waals surface area contributed by atoms with E-state index in [0.717, 1.165) is 0 Å². The molecule has 0 aliphatic rings. The van der Waals surface area contributed by atoms with Crippen LogP contribution in [0.1, 0.15) is 17.6 Å². The van der Waals surface area contributed by atoms with Crippen molar-refractivity contribution in [2.45, 2.75) is 19.8 Å². The summed E-state index contributed by atoms with van der Waals surface area (Å²) in [7, 11) is 0. The highest BCUT2D eigenvalue weighted by Crippen LogP contribution is 2.05. The van der Waals surface area contributed by atoms with E-state index in [1.807, 2.05) is 0 Å². The Hall–Kier alpha value is -1.96. The van der Waals surface area contributed by atoms with Crippen LogP contribution in [0.4, 0.5) is 6.01 Å². The number of nitrogens with zero attached hydrogens (tertiary/aromatic N) is 4. The molecular formula is C9H14N6O2. The van der Waals surface area contributed by atoms with Crippen molar-refractivity contribution in [2.24, 2.45) is 5.73 Å². The van der Waals surface area contributed by atoms with Crippen molar-refractivity contribution >= 4 is 6.01 Å². The normalized spacial score (nSPS) is 10.7. The summed E-state index contributed by atoms with van der Waals surface area (Å²) >= 11 is 0. The van der Waals surface area contributed by atoms with Crippen LogP contribution >= 0.6 is 0 Å². The van der Waals surface area contributed by atoms with Gasteiger partial charge in [0.1, 0.15) is 0 Å². The number of aryl methyl sites for hydroxylation is 1. The second kappa shape index (κ2) is 5.39. The maximum atomic E-state index is 5.37. The van der Waals surface area contributed by atoms with Crippen molar-refractivity contribution in [3.05, 3.63) is 17.6 Å². The fourth-order valence-corrected chi connectivity index (χ4v) is 1.27. The third-order valence-corrected chi connectivity index (χ3v) is 2.02. The van der Waals surface area contributed by atoms with Crippen LogP contribution in [0.5, 0.6) is 0 Å². The molecule has 0 bridgehead atoms. The molecule has 8 heteroatoms. The Bertz CT molecular complexity index is 466. The minimum atomic E-state index is 0.383. The lowest BCUT2D eigenvalue weighted by Crippen LogP contribution is -2.06. The highest BCUT2D eigenvalue weighted by Gasteiger charge is 2.06. The molecule has 0 saturated heterocycles. The number of rotatable bonds is 6. The summed E-state index contributed by atoms with van der Waals surface area (Å²) in [5.74, 6) is 1.74. The van der Waals surface area contributed by atoms with Crippen LogP contribution < -0.4 is 11.1 Å². The minimum absolute atomic E-state index is 0.383. The Morgan fingerprint density at radius 2 is 2.18 bits per heavy atom. The van der Waals surface area contributed by atoms with E-state index in [1.165, 1.54) is 0 Å². The molecule has 0 amide bonds. The fraction of sp³-hybridized carbons (Fsp3) is 0.556. The largest absolute Gasteiger partial charge is 0.408 e. The van der Waals surface area contributed by atoms with E-state index < -0.39 is 0 Å². The summed E-state index contributed by atoms with van der Waals surface area (Å²) in [5, 5.41) is 14.4. The van der Waals surface area contributed by atoms with Gasteiger partial charge in [0.2, 0.25) is 11.8 Å². The van der Waals surface area contributed by atoms with Gasteiger partial charge in [-0.1, -0.05) is 10.3 Å². The summed E-state index contributed by atoms with van der Waals surface area (Å²) in [6.45, 7) is 2.84. The molecule has 0 unspecified atom stereocenters. The van der Waals surface area contributed by atoms with E-state index >= 15 is 0 Å². The standard InChI is InChI=1S/C9H14N6O2/c1-6-12-7(15-17-6)3-5-11-9-14-13-8(16-9)2-4-10/h2-5,10H2,1H3,(H,11,14). The van der Waals surface area contributed by atoms with Gasteiger partial charge >= 0.3 is 6.01 Å². The van der Waals surface area contributed by atoms with Gasteiger partial charge in [0.15, 0.2) is 5.82 Å². The van der Waals surface area contributed by atoms with E-state index in [0.29, 0.717) is 49.6 Å². The monoisotopic (exact) mass is 238 g/mol. The summed E-state index contributed by atoms with van der Waals surface area (Å²) in [6, 6.07) is 0.383. The number of nitrogens with two attached hydrogens (primary N) is 1. The van der Waals surface area contributed by atoms with E-state index in [2.05, 4.69) is 25.7 Å². The molecule has 0 fully saturated rings. The molecule has 2 heterocycles. The number of nitrogens with one attached hydrogen (secondary N) is 1. The zero-order valence-electron chi connectivity index (χ0n) is 9.51. The third kappa shape index (κ3) is 3.25. The molecule has 0 saturated carbocycles. The molecule has 0 atom stereocenters. The maximum Gasteiger partial charge on any atom is 0.315 e. The zero-order chi connectivity index (χ0) is 12.1. The van der Waals surface area contributed by atoms with Crippen LogP contribution in [0.2, 0.25) is 0 Å². The third-order valence-electron chi connectivity index (χ3n) is 2.02. The topological polar surface area (TPSA) is 116 Å². The van der Waals surface area contributed by atoms with Crippen molar-refractivity contribution in [3.8, 4) is 0 Å². The molecule has 2 aromatic heterocycles. The Labute approximate surface area is 97.6 Å². The van der Waals surface area contributed by atoms with Crippen LogP contribution in [0, 0.1) is 6.92 Å². The Morgan fingerprint density at radius 1 is 1.29 bits per heavy atom. The van der Waals surface area contributed by atoms with Gasteiger partial charge in [-0.05, 0) is 0 Å². The average molecular weight is 238 g/mol. The minimum Gasteiger partial charge on any atom is -0.408 e. The molecule has 8 nitrogen and oxygen atoms in total. The summed E-state index contributed by atoms with van der Waals surface area (Å²) in [6.07, 6.45) is 1.21. The van der Waals surface area contributed by atoms with Crippen molar-refractivity contribution in [2.75, 3.05) is 18.4 Å². The Morgan fingerprint density at radius 3 is 2.88 bits per heavy atom. The first-order valence-corrected chi connectivity index (χ1v) is 5.33. The van der Waals surface area contributed by atoms with E-state index in [1.54, 1.807) is 6.92 Å². The lowest BCUT2D eigenvalue weighted by Gasteiger charge is -1.96. The SMILES string of the molecule is Cc1nc(CCNc2nnc(CCN)o2)no1. The van der Waals surface area contributed by atoms with Crippen LogP contribution in [-0.2, 0) is 12.8 Å². The van der Waals surface area contributed by atoms with Gasteiger partial charge in [-0.15, -0.1) is 5.10 Å². The lowest BCUT2D eigenvalue weighted by molar-refractivity contribution is 0.387. The lowest BCUT2D eigenvalue weighted by atomic mass is 10.4. The highest BCUT2D eigenvalue weighted by molar-refractivity contribution is 5.17. The summed E-state index contributed by atoms with van der Waals surface area (Å²) in [5.41, 5.74) is 5.37. The predicted octanol–water partition coefficient (Wildman–Crippen LogP) is -0.0832. The van der Waals surface area contributed by atoms with E-state index in [-0.39, 0.29) is 0 Å². The van der Waals surface area contributed by atoms with Gasteiger partial charge in [0, 0.05) is 32.9 Å². The molecule has 3 N–H and O–H groups in total. The summed E-state index contributed by atoms with van der Waals surface area (Å²) in [4.78, 5) is 4.08. The molecule has 0 aliphatic heterocycles. The van der Waals surface area contributed by atoms with Crippen molar-refractivity contribution < 1.29 is 8.94 Å². The number of hydrogen-bond acceptors (Lipinski definition) is 8. The quantitative estimate of drug-likeness (QED) is 0.717. The zero-order valence-corrected chi connectivity index (χ0v) is 9.51. The first-order valence-electron chi connectivity index (χ1n) is 5.33. The van der Waals surface area contributed by atoms with Crippen LogP contribution in [0.15, 0.2) is 8.94 Å². The van der Waals surface area contributed by atoms with Crippen LogP contribution in [0.3, 0.4) is 0 Å². The van der Waals surface area contributed by atoms with Gasteiger partial charge < -0.3 is 20.0 Å². The van der Waals surface area contributed by atoms with E-state index in [4.69, 9.17) is 14.7 Å². The molecule has 2 aromatic rings. The second-order valence-corrected chi connectivity index (χ2v) is 3.45. The second-order valence-electron chi connectivity index (χ2n) is 3.45. The van der Waals surface area contributed by atoms with Gasteiger partial charge in [0.05, 0.1) is 0 Å². The van der Waals surface area contributed by atoms with Crippen molar-refractivity contribution in [3.63, 3.8) is 0 Å². The fourth-order valence-electron chi connectivity index (χ4n) is 1.27. The van der Waals surface area contributed by atoms with Gasteiger partial charge in [0.25, 0.3) is 0 Å². The molecule has 0 spiro atoms. The number of aromatic nitrogens is 4. The van der Waals surface area contributed by atoms with E-state index in [9.17, 15) is 0 Å². The Kier molecular flexibility index (Phi) is 3.66. The number of hydrogen-bond donors (Lipinski definition) is 2. The molecule has 0 radical (unpaired) electrons. The average Bonchev–Trinajstić information content (AvgIpc) is 2.89. The first-order chi connectivity index (χ1) is 8.28. The Balaban J connectivity index is 1.77. The smallest absolute Gasteiger partial charge is 0.315 e. The van der Waals surface area contributed by atoms with Gasteiger partial charge in [-0.25, -0.2) is 0 Å². The summed E-state index contributed by atoms with van der Waals surface area (Å²) < 4.78 is 10.1. The maximum absolute atomic E-state index is 5.37. The highest BCUT2D eigenvalue weighted by atomic mass is 16.5. The molecule has 2 rings (SSSR count). The molecule has 0 aliphatic carbocycles. The molecule has 17 heavy (non-hydrogen) atoms. The van der Waals surface area contributed by atoms with Crippen LogP contribution in [0.25, 0.3) is 0 Å². The van der Waals surface area contributed by atoms with Gasteiger partial charge in [-0.2, -0.15) is 4.98 Å². The first kappa shape index (κ1) is 11.5. The van der Waals surface area contributed by atoms with Crippen molar-refractivity contribution in [1.29, 1.82) is 0 Å². The molecule has 92 valence electrons. The van der Waals surface area contributed by atoms with Crippen LogP contribution in [-0.4, -0.2) is 33.4 Å². The molecular weight excluding hydrogens is 224 g/mol.